The maximum absolute atomic E-state index is 11.5. The molecule has 2 heterocycles. The van der Waals surface area contributed by atoms with Gasteiger partial charge in [0.2, 0.25) is 0 Å². The van der Waals surface area contributed by atoms with Crippen molar-refractivity contribution in [2.75, 3.05) is 0 Å². The maximum Gasteiger partial charge on any atom is 0.811 e. The molecule has 2 rings (SSSR count). The average molecular weight is 241 g/mol. The minimum atomic E-state index is -2.35. The third-order valence-electron chi connectivity index (χ3n) is 1.95. The Morgan fingerprint density at radius 3 is 1.75 bits per heavy atom. The van der Waals surface area contributed by atoms with Crippen molar-refractivity contribution in [3.05, 3.63) is 35.8 Å². The summed E-state index contributed by atoms with van der Waals surface area (Å²) in [5.41, 5.74) is 1.51. The second-order valence-corrected chi connectivity index (χ2v) is 4.00. The SMILES string of the molecule is Cc1ccoc1O[P+](=O)Oc1occc1C. The molecule has 0 fully saturated rings. The first-order valence-corrected chi connectivity index (χ1v) is 5.68. The van der Waals surface area contributed by atoms with Gasteiger partial charge in [-0.05, 0) is 26.0 Å². The fourth-order valence-corrected chi connectivity index (χ4v) is 1.74. The van der Waals surface area contributed by atoms with Crippen LogP contribution in [0.2, 0.25) is 0 Å². The van der Waals surface area contributed by atoms with Gasteiger partial charge >= 0.3 is 20.1 Å². The van der Waals surface area contributed by atoms with Crippen LogP contribution in [0.15, 0.2) is 33.5 Å². The number of hydrogen-bond donors (Lipinski definition) is 0. The highest BCUT2D eigenvalue weighted by Crippen LogP contribution is 2.34. The lowest BCUT2D eigenvalue weighted by Crippen LogP contribution is -1.88. The van der Waals surface area contributed by atoms with Gasteiger partial charge in [-0.1, -0.05) is 0 Å². The summed E-state index contributed by atoms with van der Waals surface area (Å²) in [6.07, 6.45) is 2.90. The molecule has 0 amide bonds. The third kappa shape index (κ3) is 2.25. The highest BCUT2D eigenvalue weighted by atomic mass is 31.1. The molecule has 0 N–H and O–H groups in total. The highest BCUT2D eigenvalue weighted by Gasteiger charge is 2.29. The van der Waals surface area contributed by atoms with Crippen LogP contribution in [0, 0.1) is 13.8 Å². The molecule has 2 aromatic rings. The van der Waals surface area contributed by atoms with Gasteiger partial charge < -0.3 is 8.83 Å². The first kappa shape index (κ1) is 10.8. The summed E-state index contributed by atoms with van der Waals surface area (Å²) in [5.74, 6) is 0.371. The Bertz CT molecular complexity index is 455. The van der Waals surface area contributed by atoms with Crippen molar-refractivity contribution < 1.29 is 22.4 Å². The van der Waals surface area contributed by atoms with Crippen molar-refractivity contribution in [2.24, 2.45) is 0 Å². The van der Waals surface area contributed by atoms with E-state index in [4.69, 9.17) is 17.9 Å². The van der Waals surface area contributed by atoms with E-state index in [2.05, 4.69) is 0 Å². The summed E-state index contributed by atoms with van der Waals surface area (Å²) >= 11 is 0. The van der Waals surface area contributed by atoms with Crippen LogP contribution in [-0.2, 0) is 4.57 Å². The summed E-state index contributed by atoms with van der Waals surface area (Å²) in [6, 6.07) is 3.41. The van der Waals surface area contributed by atoms with Crippen LogP contribution in [-0.4, -0.2) is 0 Å². The zero-order chi connectivity index (χ0) is 11.5. The summed E-state index contributed by atoms with van der Waals surface area (Å²) in [7, 11) is -2.35. The Hall–Kier alpha value is -1.74. The predicted molar refractivity (Wildman–Crippen MR) is 55.8 cm³/mol. The summed E-state index contributed by atoms with van der Waals surface area (Å²) in [6.45, 7) is 3.56. The molecule has 0 aliphatic heterocycles. The van der Waals surface area contributed by atoms with Gasteiger partial charge in [0.1, 0.15) is 0 Å². The largest absolute Gasteiger partial charge is 0.811 e. The Morgan fingerprint density at radius 2 is 1.44 bits per heavy atom. The number of aryl methyl sites for hydroxylation is 2. The number of rotatable bonds is 4. The van der Waals surface area contributed by atoms with Crippen LogP contribution in [0.25, 0.3) is 0 Å². The van der Waals surface area contributed by atoms with Gasteiger partial charge in [-0.3, -0.25) is 0 Å². The topological polar surface area (TPSA) is 61.8 Å². The van der Waals surface area contributed by atoms with Crippen molar-refractivity contribution in [3.63, 3.8) is 0 Å². The predicted octanol–water partition coefficient (Wildman–Crippen LogP) is 3.60. The molecule has 0 atom stereocenters. The van der Waals surface area contributed by atoms with Gasteiger partial charge in [-0.15, -0.1) is 0 Å². The second kappa shape index (κ2) is 4.41. The molecule has 0 aliphatic carbocycles. The number of furan rings is 2. The molecule has 0 spiro atoms. The highest BCUT2D eigenvalue weighted by molar-refractivity contribution is 7.34. The van der Waals surface area contributed by atoms with Crippen molar-refractivity contribution >= 4 is 8.25 Å². The van der Waals surface area contributed by atoms with Gasteiger partial charge in [-0.25, -0.2) is 0 Å². The molecule has 0 unspecified atom stereocenters. The minimum absolute atomic E-state index is 0.185. The third-order valence-corrected chi connectivity index (χ3v) is 2.57. The van der Waals surface area contributed by atoms with Crippen LogP contribution in [0.3, 0.4) is 0 Å². The molecule has 6 heteroatoms. The molecule has 0 saturated carbocycles. The summed E-state index contributed by atoms with van der Waals surface area (Å²) in [4.78, 5) is 0. The van der Waals surface area contributed by atoms with Gasteiger partial charge in [0.15, 0.2) is 0 Å². The van der Waals surface area contributed by atoms with E-state index in [1.807, 2.05) is 0 Å². The zero-order valence-electron chi connectivity index (χ0n) is 8.80. The Morgan fingerprint density at radius 1 is 1.00 bits per heavy atom. The summed E-state index contributed by atoms with van der Waals surface area (Å²) < 4.78 is 31.3. The fraction of sp³-hybridized carbons (Fsp3) is 0.200. The normalized spacial score (nSPS) is 10.1. The van der Waals surface area contributed by atoms with E-state index < -0.39 is 8.25 Å². The van der Waals surface area contributed by atoms with Crippen molar-refractivity contribution in [2.45, 2.75) is 13.8 Å². The van der Waals surface area contributed by atoms with Gasteiger partial charge in [0.25, 0.3) is 0 Å². The molecular formula is C10H10O5P+. The monoisotopic (exact) mass is 241 g/mol. The quantitative estimate of drug-likeness (QED) is 0.765. The molecule has 84 valence electrons. The first-order valence-electron chi connectivity index (χ1n) is 4.58. The smallest absolute Gasteiger partial charge is 0.431 e. The zero-order valence-corrected chi connectivity index (χ0v) is 9.69. The Balaban J connectivity index is 2.00. The van der Waals surface area contributed by atoms with Crippen LogP contribution in [0.1, 0.15) is 11.1 Å². The van der Waals surface area contributed by atoms with Crippen molar-refractivity contribution in [3.8, 4) is 11.9 Å². The van der Waals surface area contributed by atoms with E-state index >= 15 is 0 Å². The van der Waals surface area contributed by atoms with Crippen molar-refractivity contribution in [1.29, 1.82) is 0 Å². The number of hydrogen-bond acceptors (Lipinski definition) is 5. The molecular weight excluding hydrogens is 231 g/mol. The van der Waals surface area contributed by atoms with Crippen LogP contribution < -0.4 is 9.05 Å². The molecule has 0 aromatic carbocycles. The van der Waals surface area contributed by atoms with Crippen LogP contribution in [0.5, 0.6) is 11.9 Å². The van der Waals surface area contributed by atoms with E-state index in [1.54, 1.807) is 26.0 Å². The summed E-state index contributed by atoms with van der Waals surface area (Å²) in [5, 5.41) is 0. The van der Waals surface area contributed by atoms with E-state index in [1.165, 1.54) is 12.5 Å². The molecule has 0 radical (unpaired) electrons. The molecule has 2 aromatic heterocycles. The lowest BCUT2D eigenvalue weighted by atomic mass is 10.4. The van der Waals surface area contributed by atoms with Gasteiger partial charge in [0.05, 0.1) is 12.5 Å². The van der Waals surface area contributed by atoms with E-state index in [-0.39, 0.29) is 11.9 Å². The van der Waals surface area contributed by atoms with Gasteiger partial charge in [-0.2, -0.15) is 9.05 Å². The fourth-order valence-electron chi connectivity index (χ4n) is 1.06. The molecule has 0 saturated heterocycles. The minimum Gasteiger partial charge on any atom is -0.431 e. The van der Waals surface area contributed by atoms with E-state index in [0.717, 1.165) is 11.1 Å². The molecule has 0 aliphatic rings. The van der Waals surface area contributed by atoms with E-state index in [9.17, 15) is 4.57 Å². The lowest BCUT2D eigenvalue weighted by Gasteiger charge is -1.89. The molecule has 16 heavy (non-hydrogen) atoms. The second-order valence-electron chi connectivity index (χ2n) is 3.19. The van der Waals surface area contributed by atoms with Crippen molar-refractivity contribution in [1.82, 2.24) is 0 Å². The molecule has 0 bridgehead atoms. The van der Waals surface area contributed by atoms with E-state index in [0.29, 0.717) is 0 Å². The first-order chi connectivity index (χ1) is 7.66. The van der Waals surface area contributed by atoms with Crippen LogP contribution in [0.4, 0.5) is 0 Å². The average Bonchev–Trinajstić information content (AvgIpc) is 2.79. The Kier molecular flexibility index (Phi) is 2.97. The van der Waals surface area contributed by atoms with Gasteiger partial charge in [0, 0.05) is 15.7 Å². The standard InChI is InChI=1S/C10H10O5P/c1-7-3-5-12-9(7)14-16(11)15-10-8(2)4-6-13-10/h3-6H,1-2H3/q+1. The molecule has 5 nitrogen and oxygen atoms in total. The maximum atomic E-state index is 11.5. The Labute approximate surface area is 92.9 Å². The lowest BCUT2D eigenvalue weighted by molar-refractivity contribution is 0.319. The van der Waals surface area contributed by atoms with Crippen LogP contribution >= 0.6 is 8.25 Å².